The summed E-state index contributed by atoms with van der Waals surface area (Å²) in [6.45, 7) is 0.0318. The number of para-hydroxylation sites is 3. The fraction of sp³-hybridized carbons (Fsp3) is 0.250. The molecule has 0 aromatic heterocycles. The van der Waals surface area contributed by atoms with Crippen LogP contribution in [0.5, 0.6) is 17.2 Å². The summed E-state index contributed by atoms with van der Waals surface area (Å²) in [4.78, 5) is 74.1. The minimum atomic E-state index is -1.39. The van der Waals surface area contributed by atoms with Crippen LogP contribution in [0.15, 0.2) is 72.8 Å². The number of benzene rings is 3. The third-order valence-electron chi connectivity index (χ3n) is 6.06. The molecular formula is C32H30O15. The van der Waals surface area contributed by atoms with Gasteiger partial charge < -0.3 is 42.6 Å². The van der Waals surface area contributed by atoms with Crippen LogP contribution in [0.3, 0.4) is 0 Å². The zero-order valence-electron chi connectivity index (χ0n) is 25.7. The molecule has 0 amide bonds. The summed E-state index contributed by atoms with van der Waals surface area (Å²) in [5, 5.41) is 0. The summed E-state index contributed by atoms with van der Waals surface area (Å²) < 4.78 is 44.9. The lowest BCUT2D eigenvalue weighted by atomic mass is 9.94. The van der Waals surface area contributed by atoms with E-state index in [4.69, 9.17) is 28.4 Å². The first-order valence-electron chi connectivity index (χ1n) is 13.6. The molecule has 0 spiro atoms. The number of hydrogen-bond acceptors (Lipinski definition) is 15. The zero-order valence-corrected chi connectivity index (χ0v) is 25.7. The van der Waals surface area contributed by atoms with Crippen molar-refractivity contribution in [2.24, 2.45) is 5.41 Å². The van der Waals surface area contributed by atoms with E-state index in [0.717, 1.165) is 21.3 Å². The second-order valence-corrected chi connectivity index (χ2v) is 9.70. The van der Waals surface area contributed by atoms with Crippen LogP contribution in [0.1, 0.15) is 38.0 Å². The van der Waals surface area contributed by atoms with Crippen molar-refractivity contribution >= 4 is 36.4 Å². The molecule has 0 aliphatic heterocycles. The molecule has 3 aromatic rings. The molecule has 0 N–H and O–H groups in total. The van der Waals surface area contributed by atoms with Gasteiger partial charge in [0, 0.05) is 0 Å². The number of esters is 3. The van der Waals surface area contributed by atoms with Crippen LogP contribution in [0.4, 0.5) is 14.4 Å². The van der Waals surface area contributed by atoms with E-state index in [2.05, 4.69) is 14.2 Å². The fourth-order valence-electron chi connectivity index (χ4n) is 3.64. The highest BCUT2D eigenvalue weighted by molar-refractivity contribution is 5.94. The predicted octanol–water partition coefficient (Wildman–Crippen LogP) is 5.00. The third kappa shape index (κ3) is 10.2. The molecule has 0 unspecified atom stereocenters. The Balaban J connectivity index is 1.83. The first kappa shape index (κ1) is 35.4. The maximum absolute atomic E-state index is 13.1. The first-order chi connectivity index (χ1) is 22.5. The van der Waals surface area contributed by atoms with Gasteiger partial charge in [-0.25, -0.2) is 28.8 Å². The summed E-state index contributed by atoms with van der Waals surface area (Å²) in [7, 11) is 3.28. The Labute approximate surface area is 268 Å². The third-order valence-corrected chi connectivity index (χ3v) is 6.06. The summed E-state index contributed by atoms with van der Waals surface area (Å²) in [5.74, 6) is -3.22. The lowest BCUT2D eigenvalue weighted by Crippen LogP contribution is -2.37. The molecule has 3 rings (SSSR count). The summed E-state index contributed by atoms with van der Waals surface area (Å²) in [6, 6.07) is 17.1. The number of ether oxygens (including phenoxy) is 9. The number of carbonyl (C=O) groups is 6. The number of methoxy groups -OCH3 is 3. The van der Waals surface area contributed by atoms with Gasteiger partial charge >= 0.3 is 36.4 Å². The van der Waals surface area contributed by atoms with Crippen LogP contribution < -0.4 is 14.2 Å². The molecule has 0 aliphatic carbocycles. The van der Waals surface area contributed by atoms with E-state index in [9.17, 15) is 28.8 Å². The summed E-state index contributed by atoms with van der Waals surface area (Å²) >= 11 is 0. The Morgan fingerprint density at radius 2 is 0.723 bits per heavy atom. The van der Waals surface area contributed by atoms with Gasteiger partial charge in [-0.05, 0) is 43.3 Å². The Hall–Kier alpha value is -6.12. The van der Waals surface area contributed by atoms with Crippen molar-refractivity contribution in [3.63, 3.8) is 0 Å². The fourth-order valence-corrected chi connectivity index (χ4v) is 3.64. The molecule has 0 bridgehead atoms. The Morgan fingerprint density at radius 3 is 0.979 bits per heavy atom. The molecular weight excluding hydrogens is 624 g/mol. The minimum absolute atomic E-state index is 0.128. The number of carbonyl (C=O) groups excluding carboxylic acids is 6. The van der Waals surface area contributed by atoms with Gasteiger partial charge in [0.2, 0.25) is 0 Å². The van der Waals surface area contributed by atoms with Crippen molar-refractivity contribution in [2.75, 3.05) is 41.2 Å². The van der Waals surface area contributed by atoms with Gasteiger partial charge in [-0.3, -0.25) is 0 Å². The van der Waals surface area contributed by atoms with Gasteiger partial charge in [0.1, 0.15) is 53.8 Å². The second kappa shape index (κ2) is 16.8. The van der Waals surface area contributed by atoms with Crippen molar-refractivity contribution < 1.29 is 71.4 Å². The molecule has 15 heteroatoms. The van der Waals surface area contributed by atoms with Crippen LogP contribution in [0, 0.1) is 5.41 Å². The highest BCUT2D eigenvalue weighted by Crippen LogP contribution is 2.27. The van der Waals surface area contributed by atoms with E-state index >= 15 is 0 Å². The second-order valence-electron chi connectivity index (χ2n) is 9.70. The maximum Gasteiger partial charge on any atom is 0.513 e. The van der Waals surface area contributed by atoms with Crippen molar-refractivity contribution in [1.29, 1.82) is 0 Å². The molecule has 0 atom stereocenters. The van der Waals surface area contributed by atoms with Crippen molar-refractivity contribution in [3.05, 3.63) is 89.5 Å². The Bertz CT molecular complexity index is 1430. The van der Waals surface area contributed by atoms with Gasteiger partial charge in [0.05, 0.1) is 26.7 Å². The van der Waals surface area contributed by atoms with Crippen molar-refractivity contribution in [1.82, 2.24) is 0 Å². The molecule has 0 saturated carbocycles. The molecule has 0 radical (unpaired) electrons. The van der Waals surface area contributed by atoms with Crippen molar-refractivity contribution in [3.8, 4) is 17.2 Å². The van der Waals surface area contributed by atoms with Gasteiger partial charge in [0.25, 0.3) is 0 Å². The smallest absolute Gasteiger partial charge is 0.461 e. The topological polar surface area (TPSA) is 185 Å². The number of rotatable bonds is 12. The minimum Gasteiger partial charge on any atom is -0.461 e. The zero-order chi connectivity index (χ0) is 34.4. The normalized spacial score (nSPS) is 10.5. The van der Waals surface area contributed by atoms with E-state index < -0.39 is 61.6 Å². The summed E-state index contributed by atoms with van der Waals surface area (Å²) in [5.41, 5.74) is -1.78. The maximum atomic E-state index is 13.1. The van der Waals surface area contributed by atoms with Crippen LogP contribution in [0.2, 0.25) is 0 Å². The highest BCUT2D eigenvalue weighted by Gasteiger charge is 2.33. The van der Waals surface area contributed by atoms with Crippen LogP contribution in [-0.2, 0) is 28.4 Å². The van der Waals surface area contributed by atoms with E-state index in [1.165, 1.54) is 79.7 Å². The van der Waals surface area contributed by atoms with Gasteiger partial charge in [-0.15, -0.1) is 0 Å². The molecule has 47 heavy (non-hydrogen) atoms. The monoisotopic (exact) mass is 654 g/mol. The molecule has 0 aliphatic rings. The molecule has 0 saturated heterocycles. The largest absolute Gasteiger partial charge is 0.513 e. The lowest BCUT2D eigenvalue weighted by molar-refractivity contribution is -0.0289. The number of hydrogen-bond donors (Lipinski definition) is 0. The molecule has 0 fully saturated rings. The van der Waals surface area contributed by atoms with Crippen LogP contribution >= 0.6 is 0 Å². The lowest BCUT2D eigenvalue weighted by Gasteiger charge is -2.28. The standard InChI is InChI=1S/C32H30O15/c1-32(17-42-26(33)20-11-5-8-14-23(20)45-29(36)39-2,18-43-27(34)21-12-6-9-15-24(21)46-30(37)40-3)19-44-28(35)22-13-7-10-16-25(22)47-31(38)41-4/h5-16H,17-19H2,1-4H3. The van der Waals surface area contributed by atoms with Gasteiger partial charge in [0.15, 0.2) is 0 Å². The molecule has 15 nitrogen and oxygen atoms in total. The van der Waals surface area contributed by atoms with Crippen LogP contribution in [-0.4, -0.2) is 77.5 Å². The average Bonchev–Trinajstić information content (AvgIpc) is 3.09. The Kier molecular flexibility index (Phi) is 12.6. The predicted molar refractivity (Wildman–Crippen MR) is 157 cm³/mol. The van der Waals surface area contributed by atoms with E-state index in [-0.39, 0.29) is 33.9 Å². The van der Waals surface area contributed by atoms with Crippen LogP contribution in [0.25, 0.3) is 0 Å². The van der Waals surface area contributed by atoms with Crippen molar-refractivity contribution in [2.45, 2.75) is 6.92 Å². The van der Waals surface area contributed by atoms with Gasteiger partial charge in [-0.2, -0.15) is 0 Å². The highest BCUT2D eigenvalue weighted by atomic mass is 16.7. The first-order valence-corrected chi connectivity index (χ1v) is 13.6. The summed E-state index contributed by atoms with van der Waals surface area (Å²) in [6.07, 6.45) is -3.20. The molecule has 3 aromatic carbocycles. The SMILES string of the molecule is COC(=O)Oc1ccccc1C(=O)OCC(C)(COC(=O)c1ccccc1OC(=O)OC)COC(=O)c1ccccc1OC(=O)OC. The molecule has 248 valence electrons. The molecule has 0 heterocycles. The van der Waals surface area contributed by atoms with E-state index in [1.807, 2.05) is 0 Å². The average molecular weight is 655 g/mol. The van der Waals surface area contributed by atoms with E-state index in [1.54, 1.807) is 0 Å². The quantitative estimate of drug-likeness (QED) is 0.144. The van der Waals surface area contributed by atoms with Gasteiger partial charge in [-0.1, -0.05) is 36.4 Å². The van der Waals surface area contributed by atoms with E-state index in [0.29, 0.717) is 0 Å². The Morgan fingerprint density at radius 1 is 0.468 bits per heavy atom.